The van der Waals surface area contributed by atoms with Crippen LogP contribution in [0.5, 0.6) is 0 Å². The van der Waals surface area contributed by atoms with E-state index in [1.54, 1.807) is 4.90 Å². The first-order chi connectivity index (χ1) is 8.58. The van der Waals surface area contributed by atoms with Crippen LogP contribution >= 0.6 is 15.9 Å². The van der Waals surface area contributed by atoms with Crippen molar-refractivity contribution in [1.82, 2.24) is 10.2 Å². The molecule has 1 aliphatic heterocycles. The summed E-state index contributed by atoms with van der Waals surface area (Å²) in [4.78, 5) is 13.9. The van der Waals surface area contributed by atoms with Crippen LogP contribution in [0.4, 0.5) is 0 Å². The molecule has 1 saturated heterocycles. The first-order valence-electron chi connectivity index (χ1n) is 5.97. The van der Waals surface area contributed by atoms with Gasteiger partial charge in [0.05, 0.1) is 0 Å². The maximum absolute atomic E-state index is 12.2. The molecule has 1 aromatic carbocycles. The largest absolute Gasteiger partial charge is 0.338 e. The first kappa shape index (κ1) is 13.3. The summed E-state index contributed by atoms with van der Waals surface area (Å²) in [5.74, 6) is 0.120. The lowest BCUT2D eigenvalue weighted by molar-refractivity contribution is -0.126. The highest BCUT2D eigenvalue weighted by atomic mass is 79.9. The molecule has 0 unspecified atom stereocenters. The minimum absolute atomic E-state index is 0.120. The lowest BCUT2D eigenvalue weighted by Crippen LogP contribution is -2.38. The van der Waals surface area contributed by atoms with E-state index in [2.05, 4.69) is 21.2 Å². The predicted octanol–water partition coefficient (Wildman–Crippen LogP) is 2.33. The third kappa shape index (κ3) is 3.00. The molecule has 1 heterocycles. The van der Waals surface area contributed by atoms with Crippen LogP contribution in [-0.4, -0.2) is 30.9 Å². The normalized spacial score (nSPS) is 14.1. The Bertz CT molecular complexity index is 473. The van der Waals surface area contributed by atoms with Crippen molar-refractivity contribution < 1.29 is 4.79 Å². The Morgan fingerprint density at radius 2 is 1.94 bits per heavy atom. The van der Waals surface area contributed by atoms with E-state index in [9.17, 15) is 4.79 Å². The maximum Gasteiger partial charge on any atom is 0.249 e. The van der Waals surface area contributed by atoms with Gasteiger partial charge in [-0.3, -0.25) is 4.79 Å². The SMILES string of the molecule is CC(C(=O)N(C)Cc1ccc(Br)cc1)=C1CNC1. The second-order valence-corrected chi connectivity index (χ2v) is 5.54. The predicted molar refractivity (Wildman–Crippen MR) is 76.2 cm³/mol. The molecule has 1 aliphatic rings. The molecule has 1 aromatic rings. The molecule has 1 fully saturated rings. The molecule has 0 bridgehead atoms. The summed E-state index contributed by atoms with van der Waals surface area (Å²) in [6.45, 7) is 4.26. The van der Waals surface area contributed by atoms with Gasteiger partial charge in [-0.15, -0.1) is 0 Å². The molecule has 4 heteroatoms. The molecule has 0 aromatic heterocycles. The fourth-order valence-corrected chi connectivity index (χ4v) is 2.15. The van der Waals surface area contributed by atoms with E-state index in [4.69, 9.17) is 0 Å². The van der Waals surface area contributed by atoms with Crippen molar-refractivity contribution in [2.45, 2.75) is 13.5 Å². The van der Waals surface area contributed by atoms with Gasteiger partial charge in [0.1, 0.15) is 0 Å². The van der Waals surface area contributed by atoms with Crippen LogP contribution in [0.25, 0.3) is 0 Å². The van der Waals surface area contributed by atoms with Crippen molar-refractivity contribution in [3.05, 3.63) is 45.4 Å². The Morgan fingerprint density at radius 3 is 2.44 bits per heavy atom. The molecule has 1 amide bonds. The average molecular weight is 309 g/mol. The second kappa shape index (κ2) is 5.67. The summed E-state index contributed by atoms with van der Waals surface area (Å²) < 4.78 is 1.05. The molecule has 0 saturated carbocycles. The number of carbonyl (C=O) groups is 1. The Labute approximate surface area is 116 Å². The quantitative estimate of drug-likeness (QED) is 0.869. The van der Waals surface area contributed by atoms with Gasteiger partial charge < -0.3 is 10.2 Å². The number of halogens is 1. The van der Waals surface area contributed by atoms with Crippen LogP contribution in [-0.2, 0) is 11.3 Å². The number of rotatable bonds is 3. The van der Waals surface area contributed by atoms with Gasteiger partial charge in [-0.05, 0) is 30.2 Å². The topological polar surface area (TPSA) is 32.3 Å². The molecule has 3 nitrogen and oxygen atoms in total. The number of amides is 1. The van der Waals surface area contributed by atoms with Crippen molar-refractivity contribution in [1.29, 1.82) is 0 Å². The van der Waals surface area contributed by atoms with Gasteiger partial charge in [0, 0.05) is 36.7 Å². The fourth-order valence-electron chi connectivity index (χ4n) is 1.89. The zero-order chi connectivity index (χ0) is 13.1. The number of nitrogens with one attached hydrogen (secondary N) is 1. The standard InChI is InChI=1S/C14H17BrN2O/c1-10(12-7-16-8-12)14(18)17(2)9-11-3-5-13(15)6-4-11/h3-6,16H,7-9H2,1-2H3. The van der Waals surface area contributed by atoms with Crippen molar-refractivity contribution in [3.8, 4) is 0 Å². The Hall–Kier alpha value is -1.13. The molecular weight excluding hydrogens is 292 g/mol. The Morgan fingerprint density at radius 1 is 1.33 bits per heavy atom. The van der Waals surface area contributed by atoms with Gasteiger partial charge in [0.2, 0.25) is 5.91 Å². The van der Waals surface area contributed by atoms with Crippen molar-refractivity contribution in [3.63, 3.8) is 0 Å². The minimum atomic E-state index is 0.120. The molecule has 0 spiro atoms. The van der Waals surface area contributed by atoms with Crippen LogP contribution in [0.15, 0.2) is 39.9 Å². The van der Waals surface area contributed by atoms with Gasteiger partial charge >= 0.3 is 0 Å². The summed E-state index contributed by atoms with van der Waals surface area (Å²) in [6, 6.07) is 8.05. The van der Waals surface area contributed by atoms with Gasteiger partial charge in [-0.25, -0.2) is 0 Å². The summed E-state index contributed by atoms with van der Waals surface area (Å²) in [5, 5.41) is 3.16. The number of nitrogens with zero attached hydrogens (tertiary/aromatic N) is 1. The van der Waals surface area contributed by atoms with Crippen molar-refractivity contribution in [2.24, 2.45) is 0 Å². The third-order valence-corrected chi connectivity index (χ3v) is 3.74. The van der Waals surface area contributed by atoms with Crippen LogP contribution in [0, 0.1) is 0 Å². The van der Waals surface area contributed by atoms with Crippen LogP contribution in [0.1, 0.15) is 12.5 Å². The first-order valence-corrected chi connectivity index (χ1v) is 6.76. The van der Waals surface area contributed by atoms with Crippen LogP contribution in [0.3, 0.4) is 0 Å². The van der Waals surface area contributed by atoms with Gasteiger partial charge in [0.15, 0.2) is 0 Å². The van der Waals surface area contributed by atoms with Crippen molar-refractivity contribution >= 4 is 21.8 Å². The number of carbonyl (C=O) groups excluding carboxylic acids is 1. The third-order valence-electron chi connectivity index (χ3n) is 3.21. The van der Waals surface area contributed by atoms with Crippen LogP contribution < -0.4 is 5.32 Å². The molecule has 18 heavy (non-hydrogen) atoms. The molecule has 1 N–H and O–H groups in total. The zero-order valence-electron chi connectivity index (χ0n) is 10.7. The van der Waals surface area contributed by atoms with E-state index in [-0.39, 0.29) is 5.91 Å². The Kier molecular flexibility index (Phi) is 4.19. The lowest BCUT2D eigenvalue weighted by atomic mass is 10.0. The monoisotopic (exact) mass is 308 g/mol. The number of benzene rings is 1. The minimum Gasteiger partial charge on any atom is -0.338 e. The average Bonchev–Trinajstić information content (AvgIpc) is 2.28. The van der Waals surface area contributed by atoms with E-state index in [1.165, 1.54) is 5.57 Å². The summed E-state index contributed by atoms with van der Waals surface area (Å²) in [6.07, 6.45) is 0. The smallest absolute Gasteiger partial charge is 0.249 e. The van der Waals surface area contributed by atoms with Gasteiger partial charge in [-0.1, -0.05) is 28.1 Å². The summed E-state index contributed by atoms with van der Waals surface area (Å²) in [7, 11) is 1.85. The lowest BCUT2D eigenvalue weighted by Gasteiger charge is -2.24. The van der Waals surface area contributed by atoms with E-state index in [0.717, 1.165) is 28.7 Å². The zero-order valence-corrected chi connectivity index (χ0v) is 12.3. The Balaban J connectivity index is 2.01. The van der Waals surface area contributed by atoms with E-state index < -0.39 is 0 Å². The molecular formula is C14H17BrN2O. The molecule has 2 rings (SSSR count). The molecule has 0 radical (unpaired) electrons. The number of likely N-dealkylation sites (N-methyl/N-ethyl adjacent to an activating group) is 1. The van der Waals surface area contributed by atoms with Crippen LogP contribution in [0.2, 0.25) is 0 Å². The highest BCUT2D eigenvalue weighted by molar-refractivity contribution is 9.10. The second-order valence-electron chi connectivity index (χ2n) is 4.62. The molecule has 0 atom stereocenters. The summed E-state index contributed by atoms with van der Waals surface area (Å²) in [5.41, 5.74) is 3.25. The molecule has 0 aliphatic carbocycles. The van der Waals surface area contributed by atoms with Crippen molar-refractivity contribution in [2.75, 3.05) is 20.1 Å². The highest BCUT2D eigenvalue weighted by Crippen LogP contribution is 2.15. The number of hydrogen-bond donors (Lipinski definition) is 1. The van der Waals surface area contributed by atoms with Gasteiger partial charge in [-0.2, -0.15) is 0 Å². The highest BCUT2D eigenvalue weighted by Gasteiger charge is 2.18. The van der Waals surface area contributed by atoms with Gasteiger partial charge in [0.25, 0.3) is 0 Å². The van der Waals surface area contributed by atoms with E-state index in [1.807, 2.05) is 38.2 Å². The van der Waals surface area contributed by atoms with E-state index >= 15 is 0 Å². The van der Waals surface area contributed by atoms with E-state index in [0.29, 0.717) is 6.54 Å². The summed E-state index contributed by atoms with van der Waals surface area (Å²) >= 11 is 3.40. The fraction of sp³-hybridized carbons (Fsp3) is 0.357. The number of hydrogen-bond acceptors (Lipinski definition) is 2. The molecule has 96 valence electrons. The maximum atomic E-state index is 12.2.